The van der Waals surface area contributed by atoms with Crippen LogP contribution in [0.4, 0.5) is 0 Å². The Bertz CT molecular complexity index is 555. The van der Waals surface area contributed by atoms with Gasteiger partial charge in [0.2, 0.25) is 0 Å². The SMILES string of the molecule is CC(C)(C)NCCc1coc2c(Cl)cc(Cl)cc12. The zero-order chi connectivity index (χ0) is 13.3. The van der Waals surface area contributed by atoms with Crippen molar-refractivity contribution in [1.82, 2.24) is 5.32 Å². The summed E-state index contributed by atoms with van der Waals surface area (Å²) in [5.41, 5.74) is 1.97. The smallest absolute Gasteiger partial charge is 0.152 e. The summed E-state index contributed by atoms with van der Waals surface area (Å²) < 4.78 is 5.50. The van der Waals surface area contributed by atoms with Crippen molar-refractivity contribution in [1.29, 1.82) is 0 Å². The Morgan fingerprint density at radius 1 is 1.22 bits per heavy atom. The lowest BCUT2D eigenvalue weighted by Gasteiger charge is -2.20. The van der Waals surface area contributed by atoms with E-state index >= 15 is 0 Å². The minimum atomic E-state index is 0.120. The van der Waals surface area contributed by atoms with Crippen LogP contribution in [0.15, 0.2) is 22.8 Å². The fourth-order valence-electron chi connectivity index (χ4n) is 1.88. The van der Waals surface area contributed by atoms with Crippen molar-refractivity contribution in [3.63, 3.8) is 0 Å². The molecular formula is C14H17Cl2NO. The molecule has 0 bridgehead atoms. The van der Waals surface area contributed by atoms with Gasteiger partial charge < -0.3 is 9.73 Å². The zero-order valence-corrected chi connectivity index (χ0v) is 12.3. The van der Waals surface area contributed by atoms with Gasteiger partial charge in [-0.3, -0.25) is 0 Å². The fourth-order valence-corrected chi connectivity index (χ4v) is 2.42. The minimum Gasteiger partial charge on any atom is -0.462 e. The van der Waals surface area contributed by atoms with E-state index in [1.807, 2.05) is 6.07 Å². The summed E-state index contributed by atoms with van der Waals surface area (Å²) in [6, 6.07) is 3.60. The van der Waals surface area contributed by atoms with E-state index in [9.17, 15) is 0 Å². The van der Waals surface area contributed by atoms with E-state index in [0.29, 0.717) is 15.6 Å². The largest absolute Gasteiger partial charge is 0.462 e. The molecule has 1 aromatic carbocycles. The second-order valence-corrected chi connectivity index (χ2v) is 6.30. The minimum absolute atomic E-state index is 0.120. The third-order valence-electron chi connectivity index (χ3n) is 2.72. The summed E-state index contributed by atoms with van der Waals surface area (Å²) in [7, 11) is 0. The first-order chi connectivity index (χ1) is 8.37. The van der Waals surface area contributed by atoms with Crippen LogP contribution in [0.25, 0.3) is 11.0 Å². The summed E-state index contributed by atoms with van der Waals surface area (Å²) in [5.74, 6) is 0. The van der Waals surface area contributed by atoms with Crippen molar-refractivity contribution in [2.24, 2.45) is 0 Å². The molecule has 0 fully saturated rings. The van der Waals surface area contributed by atoms with Crippen molar-refractivity contribution in [3.05, 3.63) is 34.0 Å². The van der Waals surface area contributed by atoms with E-state index in [1.54, 1.807) is 12.3 Å². The predicted octanol–water partition coefficient (Wildman–Crippen LogP) is 4.67. The average Bonchev–Trinajstić information content (AvgIpc) is 2.60. The third kappa shape index (κ3) is 3.19. The number of nitrogens with one attached hydrogen (secondary N) is 1. The van der Waals surface area contributed by atoms with Gasteiger partial charge in [0.25, 0.3) is 0 Å². The lowest BCUT2D eigenvalue weighted by molar-refractivity contribution is 0.429. The van der Waals surface area contributed by atoms with Crippen LogP contribution in [-0.4, -0.2) is 12.1 Å². The van der Waals surface area contributed by atoms with E-state index in [1.165, 1.54) is 0 Å². The lowest BCUT2D eigenvalue weighted by atomic mass is 10.1. The molecule has 0 aliphatic heterocycles. The maximum atomic E-state index is 6.09. The first-order valence-electron chi connectivity index (χ1n) is 5.97. The molecule has 4 heteroatoms. The van der Waals surface area contributed by atoms with Gasteiger partial charge in [-0.05, 0) is 51.4 Å². The van der Waals surface area contributed by atoms with E-state index in [-0.39, 0.29) is 5.54 Å². The van der Waals surface area contributed by atoms with Crippen LogP contribution in [-0.2, 0) is 6.42 Å². The summed E-state index contributed by atoms with van der Waals surface area (Å²) >= 11 is 12.1. The van der Waals surface area contributed by atoms with Gasteiger partial charge >= 0.3 is 0 Å². The highest BCUT2D eigenvalue weighted by atomic mass is 35.5. The van der Waals surface area contributed by atoms with Gasteiger partial charge in [0.05, 0.1) is 11.3 Å². The molecule has 18 heavy (non-hydrogen) atoms. The maximum Gasteiger partial charge on any atom is 0.152 e. The van der Waals surface area contributed by atoms with Crippen LogP contribution >= 0.6 is 23.2 Å². The van der Waals surface area contributed by atoms with Crippen molar-refractivity contribution in [3.8, 4) is 0 Å². The van der Waals surface area contributed by atoms with Crippen LogP contribution in [0.2, 0.25) is 10.0 Å². The molecule has 1 N–H and O–H groups in total. The average molecular weight is 286 g/mol. The summed E-state index contributed by atoms with van der Waals surface area (Å²) in [6.45, 7) is 7.33. The Labute approximate surface area is 117 Å². The molecule has 0 aliphatic rings. The topological polar surface area (TPSA) is 25.2 Å². The molecule has 0 saturated heterocycles. The van der Waals surface area contributed by atoms with Crippen LogP contribution < -0.4 is 5.32 Å². The summed E-state index contributed by atoms with van der Waals surface area (Å²) in [4.78, 5) is 0. The maximum absolute atomic E-state index is 6.09. The van der Waals surface area contributed by atoms with Gasteiger partial charge in [-0.1, -0.05) is 23.2 Å². The molecule has 0 unspecified atom stereocenters. The van der Waals surface area contributed by atoms with E-state index < -0.39 is 0 Å². The Hall–Kier alpha value is -0.700. The summed E-state index contributed by atoms with van der Waals surface area (Å²) in [5, 5.41) is 5.65. The predicted molar refractivity (Wildman–Crippen MR) is 77.7 cm³/mol. The van der Waals surface area contributed by atoms with Crippen molar-refractivity contribution in [2.45, 2.75) is 32.7 Å². The highest BCUT2D eigenvalue weighted by Gasteiger charge is 2.12. The molecule has 0 saturated carbocycles. The molecule has 1 aromatic heterocycles. The Balaban J connectivity index is 2.19. The molecule has 2 rings (SSSR count). The quantitative estimate of drug-likeness (QED) is 0.887. The highest BCUT2D eigenvalue weighted by Crippen LogP contribution is 2.31. The number of hydrogen-bond acceptors (Lipinski definition) is 2. The number of halogens is 2. The monoisotopic (exact) mass is 285 g/mol. The fraction of sp³-hybridized carbons (Fsp3) is 0.429. The standard InChI is InChI=1S/C14H17Cl2NO/c1-14(2,3)17-5-4-9-8-18-13-11(9)6-10(15)7-12(13)16/h6-8,17H,4-5H2,1-3H3. The van der Waals surface area contributed by atoms with Gasteiger partial charge in [0, 0.05) is 15.9 Å². The second kappa shape index (κ2) is 5.12. The number of furan rings is 1. The molecule has 1 heterocycles. The van der Waals surface area contributed by atoms with Gasteiger partial charge in [-0.25, -0.2) is 0 Å². The van der Waals surface area contributed by atoms with Crippen LogP contribution in [0.1, 0.15) is 26.3 Å². The first-order valence-corrected chi connectivity index (χ1v) is 6.72. The first kappa shape index (κ1) is 13.7. The molecule has 0 amide bonds. The van der Waals surface area contributed by atoms with Gasteiger partial charge in [-0.15, -0.1) is 0 Å². The molecule has 2 aromatic rings. The van der Waals surface area contributed by atoms with Crippen molar-refractivity contribution >= 4 is 34.2 Å². The van der Waals surface area contributed by atoms with E-state index in [4.69, 9.17) is 27.6 Å². The van der Waals surface area contributed by atoms with Gasteiger partial charge in [-0.2, -0.15) is 0 Å². The highest BCUT2D eigenvalue weighted by molar-refractivity contribution is 6.38. The molecule has 0 aliphatic carbocycles. The van der Waals surface area contributed by atoms with Gasteiger partial charge in [0.1, 0.15) is 0 Å². The molecule has 2 nitrogen and oxygen atoms in total. The van der Waals surface area contributed by atoms with E-state index in [0.717, 1.165) is 23.9 Å². The van der Waals surface area contributed by atoms with Crippen LogP contribution in [0, 0.1) is 0 Å². The Morgan fingerprint density at radius 3 is 2.61 bits per heavy atom. The number of benzene rings is 1. The Morgan fingerprint density at radius 2 is 1.94 bits per heavy atom. The summed E-state index contributed by atoms with van der Waals surface area (Å²) in [6.07, 6.45) is 2.65. The van der Waals surface area contributed by atoms with Crippen LogP contribution in [0.5, 0.6) is 0 Å². The zero-order valence-electron chi connectivity index (χ0n) is 10.8. The normalized spacial score (nSPS) is 12.3. The Kier molecular flexibility index (Phi) is 3.90. The second-order valence-electron chi connectivity index (χ2n) is 5.45. The number of rotatable bonds is 3. The molecule has 98 valence electrons. The molecule has 0 spiro atoms. The van der Waals surface area contributed by atoms with Crippen molar-refractivity contribution in [2.75, 3.05) is 6.54 Å². The lowest BCUT2D eigenvalue weighted by Crippen LogP contribution is -2.37. The molecule has 0 radical (unpaired) electrons. The number of fused-ring (bicyclic) bond motifs is 1. The van der Waals surface area contributed by atoms with Gasteiger partial charge in [0.15, 0.2) is 5.58 Å². The molecule has 0 atom stereocenters. The number of hydrogen-bond donors (Lipinski definition) is 1. The van der Waals surface area contributed by atoms with Crippen LogP contribution in [0.3, 0.4) is 0 Å². The van der Waals surface area contributed by atoms with E-state index in [2.05, 4.69) is 26.1 Å². The van der Waals surface area contributed by atoms with Crippen molar-refractivity contribution < 1.29 is 4.42 Å². The molecular weight excluding hydrogens is 269 g/mol. The third-order valence-corrected chi connectivity index (χ3v) is 3.22.